The molecule has 8 nitrogen and oxygen atoms in total. The van der Waals surface area contributed by atoms with Gasteiger partial charge in [-0.05, 0) is 19.1 Å². The highest BCUT2D eigenvalue weighted by Crippen LogP contribution is 1.97. The lowest BCUT2D eigenvalue weighted by molar-refractivity contribution is -0.141. The largest absolute Gasteiger partial charge is 0.480 e. The summed E-state index contributed by atoms with van der Waals surface area (Å²) in [5.41, 5.74) is 0. The van der Waals surface area contributed by atoms with Crippen LogP contribution in [0.15, 0.2) is 22.8 Å². The van der Waals surface area contributed by atoms with E-state index in [1.54, 1.807) is 12.1 Å². The number of carbonyl (C=O) groups excluding carboxylic acids is 2. The van der Waals surface area contributed by atoms with Gasteiger partial charge in [-0.1, -0.05) is 0 Å². The Bertz CT molecular complexity index is 443. The maximum Gasteiger partial charge on any atom is 0.325 e. The van der Waals surface area contributed by atoms with Crippen LogP contribution in [0, 0.1) is 0 Å². The molecular formula is C11H15N3O5. The van der Waals surface area contributed by atoms with Gasteiger partial charge in [0.15, 0.2) is 0 Å². The Balaban J connectivity index is 2.19. The summed E-state index contributed by atoms with van der Waals surface area (Å²) < 4.78 is 5.00. The van der Waals surface area contributed by atoms with Gasteiger partial charge in [-0.15, -0.1) is 0 Å². The van der Waals surface area contributed by atoms with Crippen molar-refractivity contribution in [3.63, 3.8) is 0 Å². The molecule has 19 heavy (non-hydrogen) atoms. The van der Waals surface area contributed by atoms with Gasteiger partial charge in [0.05, 0.1) is 19.4 Å². The number of hydrogen-bond acceptors (Lipinski definition) is 4. The Morgan fingerprint density at radius 3 is 2.68 bits per heavy atom. The molecule has 104 valence electrons. The van der Waals surface area contributed by atoms with Crippen LogP contribution in [-0.2, 0) is 16.1 Å². The SMILES string of the molecule is CC(NC(=O)CNC(=O)NCc1ccco1)C(=O)O. The molecule has 0 spiro atoms. The van der Waals surface area contributed by atoms with Crippen molar-refractivity contribution in [2.45, 2.75) is 19.5 Å². The normalized spacial score (nSPS) is 11.4. The van der Waals surface area contributed by atoms with Gasteiger partial charge in [0, 0.05) is 0 Å². The summed E-state index contributed by atoms with van der Waals surface area (Å²) in [5.74, 6) is -1.14. The monoisotopic (exact) mass is 269 g/mol. The number of nitrogens with one attached hydrogen (secondary N) is 3. The highest BCUT2D eigenvalue weighted by Gasteiger charge is 2.14. The second-order valence-corrected chi connectivity index (χ2v) is 3.74. The number of carbonyl (C=O) groups is 3. The van der Waals surface area contributed by atoms with E-state index in [1.807, 2.05) is 0 Å². The van der Waals surface area contributed by atoms with Crippen LogP contribution >= 0.6 is 0 Å². The molecule has 0 aromatic carbocycles. The molecule has 3 amide bonds. The predicted octanol–water partition coefficient (Wildman–Crippen LogP) is -0.332. The second kappa shape index (κ2) is 7.04. The number of carboxylic acids is 1. The summed E-state index contributed by atoms with van der Waals surface area (Å²) in [6.45, 7) is 1.23. The van der Waals surface area contributed by atoms with Gasteiger partial charge in [0.1, 0.15) is 11.8 Å². The minimum Gasteiger partial charge on any atom is -0.480 e. The van der Waals surface area contributed by atoms with Crippen LogP contribution < -0.4 is 16.0 Å². The standard InChI is InChI=1S/C11H15N3O5/c1-7(10(16)17)14-9(15)6-13-11(18)12-5-8-3-2-4-19-8/h2-4,7H,5-6H2,1H3,(H,14,15)(H,16,17)(H2,12,13,18). The van der Waals surface area contributed by atoms with Crippen molar-refractivity contribution in [1.29, 1.82) is 0 Å². The summed E-state index contributed by atoms with van der Waals surface area (Å²) in [7, 11) is 0. The molecule has 1 aromatic rings. The van der Waals surface area contributed by atoms with E-state index in [0.29, 0.717) is 5.76 Å². The van der Waals surface area contributed by atoms with Gasteiger partial charge in [-0.3, -0.25) is 9.59 Å². The Morgan fingerprint density at radius 1 is 1.37 bits per heavy atom. The van der Waals surface area contributed by atoms with Crippen LogP contribution in [0.25, 0.3) is 0 Å². The first-order valence-electron chi connectivity index (χ1n) is 5.55. The van der Waals surface area contributed by atoms with Crippen LogP contribution in [0.2, 0.25) is 0 Å². The Morgan fingerprint density at radius 2 is 2.11 bits per heavy atom. The number of furan rings is 1. The fourth-order valence-corrected chi connectivity index (χ4v) is 1.16. The van der Waals surface area contributed by atoms with E-state index in [-0.39, 0.29) is 13.1 Å². The molecule has 8 heteroatoms. The number of hydrogen-bond donors (Lipinski definition) is 4. The maximum absolute atomic E-state index is 11.3. The zero-order valence-corrected chi connectivity index (χ0v) is 10.3. The van der Waals surface area contributed by atoms with Crippen molar-refractivity contribution >= 4 is 17.9 Å². The molecule has 1 rings (SSSR count). The van der Waals surface area contributed by atoms with Crippen LogP contribution in [0.5, 0.6) is 0 Å². The lowest BCUT2D eigenvalue weighted by Crippen LogP contribution is -2.46. The minimum absolute atomic E-state index is 0.200. The Kier molecular flexibility index (Phi) is 5.39. The third kappa shape index (κ3) is 5.57. The second-order valence-electron chi connectivity index (χ2n) is 3.74. The summed E-state index contributed by atoms with van der Waals surface area (Å²) in [5, 5.41) is 15.5. The van der Waals surface area contributed by atoms with E-state index in [0.717, 1.165) is 0 Å². The zero-order chi connectivity index (χ0) is 14.3. The van der Waals surface area contributed by atoms with Crippen LogP contribution in [0.3, 0.4) is 0 Å². The fourth-order valence-electron chi connectivity index (χ4n) is 1.16. The highest BCUT2D eigenvalue weighted by atomic mass is 16.4. The van der Waals surface area contributed by atoms with E-state index in [4.69, 9.17) is 9.52 Å². The lowest BCUT2D eigenvalue weighted by Gasteiger charge is -2.10. The third-order valence-corrected chi connectivity index (χ3v) is 2.16. The third-order valence-electron chi connectivity index (χ3n) is 2.16. The van der Waals surface area contributed by atoms with Crippen LogP contribution in [-0.4, -0.2) is 35.6 Å². The fraction of sp³-hybridized carbons (Fsp3) is 0.364. The molecule has 1 atom stereocenters. The molecule has 0 fully saturated rings. The van der Waals surface area contributed by atoms with E-state index in [2.05, 4.69) is 16.0 Å². The predicted molar refractivity (Wildman–Crippen MR) is 64.2 cm³/mol. The smallest absolute Gasteiger partial charge is 0.325 e. The van der Waals surface area contributed by atoms with Crippen molar-refractivity contribution in [1.82, 2.24) is 16.0 Å². The average molecular weight is 269 g/mol. The van der Waals surface area contributed by atoms with Crippen molar-refractivity contribution in [3.8, 4) is 0 Å². The van der Waals surface area contributed by atoms with Gasteiger partial charge >= 0.3 is 12.0 Å². The van der Waals surface area contributed by atoms with E-state index in [9.17, 15) is 14.4 Å². The topological polar surface area (TPSA) is 121 Å². The first-order valence-corrected chi connectivity index (χ1v) is 5.55. The van der Waals surface area contributed by atoms with Crippen LogP contribution in [0.4, 0.5) is 4.79 Å². The zero-order valence-electron chi connectivity index (χ0n) is 10.3. The first kappa shape index (κ1) is 14.6. The summed E-state index contributed by atoms with van der Waals surface area (Å²) in [4.78, 5) is 33.0. The number of urea groups is 1. The quantitative estimate of drug-likeness (QED) is 0.563. The lowest BCUT2D eigenvalue weighted by atomic mass is 10.3. The molecule has 1 heterocycles. The molecule has 1 aromatic heterocycles. The minimum atomic E-state index is -1.14. The molecule has 0 saturated heterocycles. The molecular weight excluding hydrogens is 254 g/mol. The van der Waals surface area contributed by atoms with E-state index in [1.165, 1.54) is 13.2 Å². The number of aliphatic carboxylic acids is 1. The van der Waals surface area contributed by atoms with Gasteiger partial charge in [0.2, 0.25) is 5.91 Å². The van der Waals surface area contributed by atoms with E-state index >= 15 is 0 Å². The Hall–Kier alpha value is -2.51. The van der Waals surface area contributed by atoms with Crippen molar-refractivity contribution in [3.05, 3.63) is 24.2 Å². The molecule has 0 aliphatic rings. The number of carboxylic acid groups (broad SMARTS) is 1. The molecule has 0 radical (unpaired) electrons. The molecule has 0 aliphatic heterocycles. The van der Waals surface area contributed by atoms with Crippen LogP contribution in [0.1, 0.15) is 12.7 Å². The molecule has 0 bridgehead atoms. The summed E-state index contributed by atoms with van der Waals surface area (Å²) >= 11 is 0. The molecule has 1 unspecified atom stereocenters. The van der Waals surface area contributed by atoms with Gasteiger partial charge in [0.25, 0.3) is 0 Å². The van der Waals surface area contributed by atoms with Crippen molar-refractivity contribution in [2.75, 3.05) is 6.54 Å². The van der Waals surface area contributed by atoms with E-state index < -0.39 is 23.9 Å². The van der Waals surface area contributed by atoms with Gasteiger partial charge in [-0.25, -0.2) is 4.79 Å². The van der Waals surface area contributed by atoms with Gasteiger partial charge < -0.3 is 25.5 Å². The highest BCUT2D eigenvalue weighted by molar-refractivity contribution is 5.87. The number of amides is 3. The average Bonchev–Trinajstić information content (AvgIpc) is 2.86. The Labute approximate surface area is 109 Å². The first-order chi connectivity index (χ1) is 8.99. The molecule has 4 N–H and O–H groups in total. The van der Waals surface area contributed by atoms with Crippen molar-refractivity contribution in [2.24, 2.45) is 0 Å². The molecule has 0 aliphatic carbocycles. The van der Waals surface area contributed by atoms with Gasteiger partial charge in [-0.2, -0.15) is 0 Å². The number of rotatable bonds is 6. The maximum atomic E-state index is 11.3. The van der Waals surface area contributed by atoms with Crippen molar-refractivity contribution < 1.29 is 23.9 Å². The summed E-state index contributed by atoms with van der Waals surface area (Å²) in [6.07, 6.45) is 1.48. The molecule has 0 saturated carbocycles. The summed E-state index contributed by atoms with van der Waals surface area (Å²) in [6, 6.07) is 1.84.